The number of nitrogens with one attached hydrogen (secondary N) is 3. The molecule has 0 aliphatic rings. The Balaban J connectivity index is 2.51. The van der Waals surface area contributed by atoms with Gasteiger partial charge in [0.2, 0.25) is 5.91 Å². The lowest BCUT2D eigenvalue weighted by molar-refractivity contribution is -0.126. The van der Waals surface area contributed by atoms with Crippen LogP contribution in [-0.4, -0.2) is 23.5 Å². The van der Waals surface area contributed by atoms with Gasteiger partial charge in [0, 0.05) is 11.1 Å². The molecule has 0 saturated carbocycles. The standard InChI is InChI=1S/C9H15N3O2S/c1-9(2,10-3)7(13)11-4-6-5-15-8(14)12-6/h5,10H,4H2,1-3H3,(H,11,13)(H,12,14). The summed E-state index contributed by atoms with van der Waals surface area (Å²) in [5.74, 6) is -0.1000. The molecule has 0 aromatic carbocycles. The van der Waals surface area contributed by atoms with E-state index in [1.807, 2.05) is 0 Å². The second-order valence-electron chi connectivity index (χ2n) is 3.73. The molecule has 5 nitrogen and oxygen atoms in total. The first-order valence-electron chi connectivity index (χ1n) is 4.59. The Morgan fingerprint density at radius 3 is 2.73 bits per heavy atom. The maximum absolute atomic E-state index is 11.6. The van der Waals surface area contributed by atoms with Crippen LogP contribution in [0.2, 0.25) is 0 Å². The SMILES string of the molecule is CNC(C)(C)C(=O)NCc1csc(=O)[nH]1. The molecule has 0 aliphatic heterocycles. The van der Waals surface area contributed by atoms with E-state index in [0.717, 1.165) is 17.0 Å². The van der Waals surface area contributed by atoms with Crippen molar-refractivity contribution >= 4 is 17.2 Å². The normalized spacial score (nSPS) is 11.4. The van der Waals surface area contributed by atoms with Gasteiger partial charge < -0.3 is 15.6 Å². The molecule has 0 radical (unpaired) electrons. The topological polar surface area (TPSA) is 74.0 Å². The van der Waals surface area contributed by atoms with Crippen LogP contribution in [0.5, 0.6) is 0 Å². The molecule has 3 N–H and O–H groups in total. The van der Waals surface area contributed by atoms with Gasteiger partial charge in [-0.25, -0.2) is 0 Å². The Morgan fingerprint density at radius 1 is 1.60 bits per heavy atom. The average Bonchev–Trinajstić information content (AvgIpc) is 2.60. The van der Waals surface area contributed by atoms with Crippen LogP contribution in [-0.2, 0) is 11.3 Å². The van der Waals surface area contributed by atoms with Gasteiger partial charge in [0.15, 0.2) is 0 Å². The van der Waals surface area contributed by atoms with Crippen LogP contribution in [0, 0.1) is 0 Å². The third-order valence-electron chi connectivity index (χ3n) is 2.20. The highest BCUT2D eigenvalue weighted by Gasteiger charge is 2.24. The van der Waals surface area contributed by atoms with Crippen molar-refractivity contribution in [3.05, 3.63) is 20.7 Å². The van der Waals surface area contributed by atoms with Crippen molar-refractivity contribution in [1.82, 2.24) is 15.6 Å². The summed E-state index contributed by atoms with van der Waals surface area (Å²) in [6.07, 6.45) is 0. The minimum absolute atomic E-state index is 0.1000. The summed E-state index contributed by atoms with van der Waals surface area (Å²) in [4.78, 5) is 25.0. The molecule has 84 valence electrons. The Hall–Kier alpha value is -1.14. The lowest BCUT2D eigenvalue weighted by Crippen LogP contribution is -2.50. The maximum atomic E-state index is 11.6. The summed E-state index contributed by atoms with van der Waals surface area (Å²) in [7, 11) is 1.73. The zero-order valence-electron chi connectivity index (χ0n) is 9.01. The number of aromatic amines is 1. The third-order valence-corrected chi connectivity index (χ3v) is 2.92. The number of carbonyl (C=O) groups is 1. The molecule has 1 heterocycles. The van der Waals surface area contributed by atoms with Crippen molar-refractivity contribution < 1.29 is 4.79 Å². The molecule has 15 heavy (non-hydrogen) atoms. The lowest BCUT2D eigenvalue weighted by atomic mass is 10.1. The summed E-state index contributed by atoms with van der Waals surface area (Å²) >= 11 is 1.09. The fourth-order valence-corrected chi connectivity index (χ4v) is 1.49. The highest BCUT2D eigenvalue weighted by Crippen LogP contribution is 2.01. The Labute approximate surface area is 91.9 Å². The summed E-state index contributed by atoms with van der Waals surface area (Å²) in [6.45, 7) is 3.93. The molecule has 0 spiro atoms. The summed E-state index contributed by atoms with van der Waals surface area (Å²) in [6, 6.07) is 0. The van der Waals surface area contributed by atoms with Crippen molar-refractivity contribution in [2.45, 2.75) is 25.9 Å². The van der Waals surface area contributed by atoms with Gasteiger partial charge in [-0.1, -0.05) is 11.3 Å². The molecule has 1 aromatic rings. The van der Waals surface area contributed by atoms with Crippen molar-refractivity contribution in [3.63, 3.8) is 0 Å². The quantitative estimate of drug-likeness (QED) is 0.683. The molecular weight excluding hydrogens is 214 g/mol. The van der Waals surface area contributed by atoms with Crippen LogP contribution in [0.25, 0.3) is 0 Å². The zero-order valence-corrected chi connectivity index (χ0v) is 9.83. The number of hydrogen-bond donors (Lipinski definition) is 3. The van der Waals surface area contributed by atoms with Gasteiger partial charge in [0.1, 0.15) is 0 Å². The summed E-state index contributed by atoms with van der Waals surface area (Å²) in [5.41, 5.74) is 0.126. The highest BCUT2D eigenvalue weighted by atomic mass is 32.1. The molecule has 0 aliphatic carbocycles. The largest absolute Gasteiger partial charge is 0.349 e. The van der Waals surface area contributed by atoms with Crippen LogP contribution in [0.4, 0.5) is 0 Å². The molecule has 1 rings (SSSR count). The van der Waals surface area contributed by atoms with E-state index in [1.54, 1.807) is 26.3 Å². The van der Waals surface area contributed by atoms with E-state index >= 15 is 0 Å². The lowest BCUT2D eigenvalue weighted by Gasteiger charge is -2.22. The second kappa shape index (κ2) is 4.59. The molecule has 6 heteroatoms. The van der Waals surface area contributed by atoms with Gasteiger partial charge in [-0.15, -0.1) is 0 Å². The molecule has 0 saturated heterocycles. The number of H-pyrrole nitrogens is 1. The monoisotopic (exact) mass is 229 g/mol. The van der Waals surface area contributed by atoms with E-state index in [-0.39, 0.29) is 10.8 Å². The van der Waals surface area contributed by atoms with Gasteiger partial charge in [0.25, 0.3) is 0 Å². The Kier molecular flexibility index (Phi) is 3.65. The predicted molar refractivity (Wildman–Crippen MR) is 59.9 cm³/mol. The van der Waals surface area contributed by atoms with E-state index < -0.39 is 5.54 Å². The smallest absolute Gasteiger partial charge is 0.304 e. The van der Waals surface area contributed by atoms with Gasteiger partial charge in [-0.3, -0.25) is 9.59 Å². The molecule has 0 fully saturated rings. The van der Waals surface area contributed by atoms with Crippen LogP contribution in [0.15, 0.2) is 10.2 Å². The van der Waals surface area contributed by atoms with Crippen molar-refractivity contribution in [3.8, 4) is 0 Å². The molecular formula is C9H15N3O2S. The number of likely N-dealkylation sites (N-methyl/N-ethyl adjacent to an activating group) is 1. The van der Waals surface area contributed by atoms with Gasteiger partial charge in [0.05, 0.1) is 12.1 Å². The number of amides is 1. The van der Waals surface area contributed by atoms with Gasteiger partial charge in [-0.2, -0.15) is 0 Å². The highest BCUT2D eigenvalue weighted by molar-refractivity contribution is 7.07. The number of hydrogen-bond acceptors (Lipinski definition) is 4. The van der Waals surface area contributed by atoms with Crippen LogP contribution >= 0.6 is 11.3 Å². The third kappa shape index (κ3) is 3.17. The number of rotatable bonds is 4. The predicted octanol–water partition coefficient (Wildman–Crippen LogP) is 0.0506. The molecule has 1 amide bonds. The second-order valence-corrected chi connectivity index (χ2v) is 4.57. The first-order valence-corrected chi connectivity index (χ1v) is 5.47. The van der Waals surface area contributed by atoms with Crippen LogP contribution in [0.1, 0.15) is 19.5 Å². The van der Waals surface area contributed by atoms with Gasteiger partial charge in [-0.05, 0) is 20.9 Å². The van der Waals surface area contributed by atoms with Crippen LogP contribution in [0.3, 0.4) is 0 Å². The number of thiazole rings is 1. The van der Waals surface area contributed by atoms with E-state index in [1.165, 1.54) is 0 Å². The van der Waals surface area contributed by atoms with E-state index in [9.17, 15) is 9.59 Å². The van der Waals surface area contributed by atoms with Crippen LogP contribution < -0.4 is 15.5 Å². The van der Waals surface area contributed by atoms with Crippen molar-refractivity contribution in [2.24, 2.45) is 0 Å². The molecule has 1 aromatic heterocycles. The minimum atomic E-state index is -0.601. The Morgan fingerprint density at radius 2 is 2.27 bits per heavy atom. The molecule has 0 unspecified atom stereocenters. The molecule has 0 atom stereocenters. The zero-order chi connectivity index (χ0) is 11.5. The fraction of sp³-hybridized carbons (Fsp3) is 0.556. The minimum Gasteiger partial charge on any atom is -0.349 e. The van der Waals surface area contributed by atoms with E-state index in [2.05, 4.69) is 15.6 Å². The summed E-state index contributed by atoms with van der Waals surface area (Å²) in [5, 5.41) is 7.34. The van der Waals surface area contributed by atoms with Gasteiger partial charge >= 0.3 is 4.87 Å². The van der Waals surface area contributed by atoms with Crippen molar-refractivity contribution in [2.75, 3.05) is 7.05 Å². The summed E-state index contributed by atoms with van der Waals surface area (Å²) < 4.78 is 0. The maximum Gasteiger partial charge on any atom is 0.304 e. The first kappa shape index (κ1) is 11.9. The first-order chi connectivity index (χ1) is 6.95. The molecule has 0 bridgehead atoms. The number of carbonyl (C=O) groups excluding carboxylic acids is 1. The van der Waals surface area contributed by atoms with Crippen molar-refractivity contribution in [1.29, 1.82) is 0 Å². The Bertz CT molecular complexity index is 394. The number of aromatic nitrogens is 1. The fourth-order valence-electron chi connectivity index (χ4n) is 0.911. The van der Waals surface area contributed by atoms with E-state index in [4.69, 9.17) is 0 Å². The van der Waals surface area contributed by atoms with E-state index in [0.29, 0.717) is 6.54 Å². The average molecular weight is 229 g/mol.